The molecule has 1 N–H and O–H groups in total. The van der Waals surface area contributed by atoms with Gasteiger partial charge in [0.2, 0.25) is 0 Å². The number of furan rings is 2. The van der Waals surface area contributed by atoms with Crippen LogP contribution in [0.4, 0.5) is 9.59 Å². The molecule has 12 nitrogen and oxygen atoms in total. The minimum atomic E-state index is -0.190. The minimum Gasteiger partial charge on any atom is -0.468 e. The molecule has 35 heavy (non-hydrogen) atoms. The van der Waals surface area contributed by atoms with Crippen LogP contribution in [0.3, 0.4) is 0 Å². The third-order valence-electron chi connectivity index (χ3n) is 4.41. The van der Waals surface area contributed by atoms with E-state index in [9.17, 15) is 9.59 Å². The molecule has 0 bridgehead atoms. The van der Waals surface area contributed by atoms with Gasteiger partial charge in [-0.1, -0.05) is 0 Å². The fourth-order valence-corrected chi connectivity index (χ4v) is 2.74. The van der Waals surface area contributed by atoms with E-state index in [0.717, 1.165) is 18.1 Å². The summed E-state index contributed by atoms with van der Waals surface area (Å²) in [6.45, 7) is 1.26. The van der Waals surface area contributed by atoms with Crippen LogP contribution in [-0.4, -0.2) is 59.7 Å². The third-order valence-corrected chi connectivity index (χ3v) is 4.41. The van der Waals surface area contributed by atoms with E-state index in [1.165, 1.54) is 32.7 Å². The number of aromatic nitrogens is 6. The maximum atomic E-state index is 11.7. The molecule has 0 saturated heterocycles. The number of carbonyl (C=O) groups excluding carboxylic acids is 2. The number of hydrogen-bond donors (Lipinski definition) is 1. The van der Waals surface area contributed by atoms with E-state index >= 15 is 0 Å². The van der Waals surface area contributed by atoms with Crippen LogP contribution < -0.4 is 5.32 Å². The van der Waals surface area contributed by atoms with Crippen molar-refractivity contribution in [1.82, 2.24) is 38.9 Å². The molecule has 1 amide bonds. The fourth-order valence-electron chi connectivity index (χ4n) is 2.74. The molecule has 182 valence electrons. The lowest BCUT2D eigenvalue weighted by atomic mass is 10.4. The Morgan fingerprint density at radius 2 is 1.37 bits per heavy atom. The summed E-state index contributed by atoms with van der Waals surface area (Å²) in [5.41, 5.74) is 0. The second-order valence-corrected chi connectivity index (χ2v) is 7.02. The second kappa shape index (κ2) is 13.1. The van der Waals surface area contributed by atoms with E-state index < -0.39 is 0 Å². The number of amides is 1. The molecule has 5 rings (SSSR count). The zero-order valence-corrected chi connectivity index (χ0v) is 19.3. The largest absolute Gasteiger partial charge is 0.468 e. The summed E-state index contributed by atoms with van der Waals surface area (Å²) in [4.78, 5) is 36.0. The SMILES string of the molecule is CN(Cc1ccco1)C(=O)n1ccnc1.CNCc1ccco1.O=C(n1ccnc1)n1ccnc1. The van der Waals surface area contributed by atoms with E-state index in [1.54, 1.807) is 67.7 Å². The number of nitrogens with zero attached hydrogens (tertiary/aromatic N) is 7. The summed E-state index contributed by atoms with van der Waals surface area (Å²) in [6, 6.07) is 7.13. The predicted molar refractivity (Wildman–Crippen MR) is 125 cm³/mol. The Hall–Kier alpha value is -4.71. The molecule has 0 aliphatic carbocycles. The van der Waals surface area contributed by atoms with E-state index in [-0.39, 0.29) is 12.1 Å². The summed E-state index contributed by atoms with van der Waals surface area (Å²) in [5.74, 6) is 1.73. The predicted octanol–water partition coefficient (Wildman–Crippen LogP) is 3.17. The number of imidazole rings is 3. The molecule has 0 saturated carbocycles. The molecule has 12 heteroatoms. The average Bonchev–Trinajstić information content (AvgIpc) is 3.71. The molecule has 0 spiro atoms. The van der Waals surface area contributed by atoms with Crippen molar-refractivity contribution in [3.05, 3.63) is 104 Å². The van der Waals surface area contributed by atoms with Crippen molar-refractivity contribution in [2.75, 3.05) is 14.1 Å². The maximum absolute atomic E-state index is 11.7. The van der Waals surface area contributed by atoms with Crippen molar-refractivity contribution < 1.29 is 18.4 Å². The normalized spacial score (nSPS) is 10.0. The summed E-state index contributed by atoms with van der Waals surface area (Å²) in [5, 5.41) is 2.98. The van der Waals surface area contributed by atoms with E-state index in [0.29, 0.717) is 6.54 Å². The Kier molecular flexibility index (Phi) is 9.33. The Morgan fingerprint density at radius 1 is 0.857 bits per heavy atom. The van der Waals surface area contributed by atoms with Crippen molar-refractivity contribution in [2.24, 2.45) is 0 Å². The summed E-state index contributed by atoms with van der Waals surface area (Å²) >= 11 is 0. The van der Waals surface area contributed by atoms with Crippen molar-refractivity contribution in [1.29, 1.82) is 0 Å². The van der Waals surface area contributed by atoms with Gasteiger partial charge in [-0.25, -0.2) is 24.5 Å². The van der Waals surface area contributed by atoms with Gasteiger partial charge in [0.1, 0.15) is 30.5 Å². The highest BCUT2D eigenvalue weighted by molar-refractivity contribution is 5.78. The van der Waals surface area contributed by atoms with Crippen molar-refractivity contribution in [3.8, 4) is 0 Å². The molecular formula is C23H26N8O4. The van der Waals surface area contributed by atoms with Crippen molar-refractivity contribution >= 4 is 12.1 Å². The highest BCUT2D eigenvalue weighted by Crippen LogP contribution is 2.05. The lowest BCUT2D eigenvalue weighted by Crippen LogP contribution is -2.29. The first-order valence-electron chi connectivity index (χ1n) is 10.5. The van der Waals surface area contributed by atoms with Crippen LogP contribution >= 0.6 is 0 Å². The Labute approximate surface area is 201 Å². The minimum absolute atomic E-state index is 0.135. The maximum Gasteiger partial charge on any atom is 0.338 e. The standard InChI is InChI=1S/C10H11N3O2.C7H6N4O.C6H9NO/c1-12(7-9-3-2-6-15-9)10(14)13-5-4-11-8-13;12-7(10-3-1-8-5-10)11-4-2-9-6-11;1-7-5-6-3-2-4-8-6/h2-6,8H,7H2,1H3;1-6H;2-4,7H,5H2,1H3. The first-order chi connectivity index (χ1) is 17.1. The van der Waals surface area contributed by atoms with Gasteiger partial charge in [0.25, 0.3) is 0 Å². The van der Waals surface area contributed by atoms with Crippen LogP contribution in [0.2, 0.25) is 0 Å². The Bertz CT molecular complexity index is 1180. The number of nitrogens with one attached hydrogen (secondary N) is 1. The molecule has 5 aromatic heterocycles. The van der Waals surface area contributed by atoms with Crippen molar-refractivity contribution in [3.63, 3.8) is 0 Å². The molecule has 0 atom stereocenters. The zero-order valence-electron chi connectivity index (χ0n) is 19.3. The molecule has 5 aromatic rings. The van der Waals surface area contributed by atoms with E-state index in [1.807, 2.05) is 25.2 Å². The molecule has 0 aliphatic rings. The fraction of sp³-hybridized carbons (Fsp3) is 0.174. The van der Waals surface area contributed by atoms with Gasteiger partial charge in [-0.05, 0) is 31.3 Å². The molecule has 0 fully saturated rings. The van der Waals surface area contributed by atoms with Gasteiger partial charge in [-0.3, -0.25) is 13.7 Å². The highest BCUT2D eigenvalue weighted by atomic mass is 16.3. The molecule has 0 aromatic carbocycles. The van der Waals surface area contributed by atoms with Crippen LogP contribution in [0.15, 0.2) is 102 Å². The first kappa shape index (κ1) is 24.9. The summed E-state index contributed by atoms with van der Waals surface area (Å²) < 4.78 is 14.3. The quantitative estimate of drug-likeness (QED) is 0.417. The van der Waals surface area contributed by atoms with Gasteiger partial charge in [-0.2, -0.15) is 0 Å². The Morgan fingerprint density at radius 3 is 1.80 bits per heavy atom. The van der Waals surface area contributed by atoms with Gasteiger partial charge in [0.05, 0.1) is 25.6 Å². The van der Waals surface area contributed by atoms with Crippen molar-refractivity contribution in [2.45, 2.75) is 13.1 Å². The van der Waals surface area contributed by atoms with Crippen LogP contribution in [0, 0.1) is 0 Å². The van der Waals surface area contributed by atoms with Crippen LogP contribution in [0.25, 0.3) is 0 Å². The zero-order chi connectivity index (χ0) is 24.9. The number of carbonyl (C=O) groups is 2. The second-order valence-electron chi connectivity index (χ2n) is 7.02. The first-order valence-corrected chi connectivity index (χ1v) is 10.5. The summed E-state index contributed by atoms with van der Waals surface area (Å²) in [6.07, 6.45) is 17.1. The van der Waals surface area contributed by atoms with Gasteiger partial charge < -0.3 is 19.1 Å². The molecular weight excluding hydrogens is 452 g/mol. The number of hydrogen-bond acceptors (Lipinski definition) is 8. The van der Waals surface area contributed by atoms with Gasteiger partial charge >= 0.3 is 12.1 Å². The Balaban J connectivity index is 0.000000154. The van der Waals surface area contributed by atoms with Crippen LogP contribution in [0.1, 0.15) is 11.5 Å². The lowest BCUT2D eigenvalue weighted by Gasteiger charge is -2.15. The van der Waals surface area contributed by atoms with E-state index in [2.05, 4.69) is 20.3 Å². The third kappa shape index (κ3) is 7.68. The molecule has 5 heterocycles. The molecule has 0 unspecified atom stereocenters. The van der Waals surface area contributed by atoms with Gasteiger partial charge in [-0.15, -0.1) is 0 Å². The highest BCUT2D eigenvalue weighted by Gasteiger charge is 2.11. The van der Waals surface area contributed by atoms with Crippen LogP contribution in [0.5, 0.6) is 0 Å². The van der Waals surface area contributed by atoms with Gasteiger partial charge in [0, 0.05) is 44.2 Å². The smallest absolute Gasteiger partial charge is 0.338 e. The average molecular weight is 479 g/mol. The lowest BCUT2D eigenvalue weighted by molar-refractivity contribution is 0.204. The monoisotopic (exact) mass is 478 g/mol. The summed E-state index contributed by atoms with van der Waals surface area (Å²) in [7, 11) is 3.60. The van der Waals surface area contributed by atoms with Crippen LogP contribution in [-0.2, 0) is 13.1 Å². The van der Waals surface area contributed by atoms with E-state index in [4.69, 9.17) is 8.83 Å². The van der Waals surface area contributed by atoms with Gasteiger partial charge in [0.15, 0.2) is 0 Å². The molecule has 0 aliphatic heterocycles. The topological polar surface area (TPSA) is 129 Å². The number of rotatable bonds is 4. The molecule has 0 radical (unpaired) electrons.